The van der Waals surface area contributed by atoms with Crippen LogP contribution in [-0.2, 0) is 6.54 Å². The summed E-state index contributed by atoms with van der Waals surface area (Å²) in [5, 5.41) is 12.4. The number of aryl methyl sites for hydroxylation is 1. The summed E-state index contributed by atoms with van der Waals surface area (Å²) in [4.78, 5) is 28.7. The van der Waals surface area contributed by atoms with Crippen LogP contribution in [0.5, 0.6) is 0 Å². The third-order valence-electron chi connectivity index (χ3n) is 5.88. The Labute approximate surface area is 192 Å². The molecule has 1 heterocycles. The Hall–Kier alpha value is -3.71. The number of rotatable bonds is 6. The summed E-state index contributed by atoms with van der Waals surface area (Å²) in [5.74, 6) is -1.66. The van der Waals surface area contributed by atoms with Gasteiger partial charge < -0.3 is 15.3 Å². The first-order valence-corrected chi connectivity index (χ1v) is 10.9. The standard InChI is InChI=1S/C26H26FN3O3/c1-18-6-8-19(9-7-18)25(31)28-24-11-10-21(16-22(24)26(32)33)30-14-12-29(13-15-30)17-20-4-2-3-5-23(20)27/h2-11,16H,12-15,17H2,1H3,(H,28,31)(H,32,33). The van der Waals surface area contributed by atoms with E-state index in [1.165, 1.54) is 6.07 Å². The number of nitrogens with zero attached hydrogens (tertiary/aromatic N) is 2. The molecule has 0 bridgehead atoms. The van der Waals surface area contributed by atoms with E-state index >= 15 is 0 Å². The fraction of sp³-hybridized carbons (Fsp3) is 0.231. The quantitative estimate of drug-likeness (QED) is 0.586. The van der Waals surface area contributed by atoms with Crippen molar-refractivity contribution in [2.45, 2.75) is 13.5 Å². The van der Waals surface area contributed by atoms with Crippen molar-refractivity contribution in [2.24, 2.45) is 0 Å². The molecule has 1 saturated heterocycles. The largest absolute Gasteiger partial charge is 0.478 e. The van der Waals surface area contributed by atoms with Gasteiger partial charge in [0.15, 0.2) is 0 Å². The SMILES string of the molecule is Cc1ccc(C(=O)Nc2ccc(N3CCN(Cc4ccccc4F)CC3)cc2C(=O)O)cc1. The molecule has 4 rings (SSSR count). The summed E-state index contributed by atoms with van der Waals surface area (Å²) in [5.41, 5.74) is 3.26. The maximum absolute atomic E-state index is 13.9. The average molecular weight is 448 g/mol. The van der Waals surface area contributed by atoms with Crippen LogP contribution in [0, 0.1) is 12.7 Å². The Balaban J connectivity index is 1.43. The monoisotopic (exact) mass is 447 g/mol. The highest BCUT2D eigenvalue weighted by Gasteiger charge is 2.21. The van der Waals surface area contributed by atoms with Crippen molar-refractivity contribution in [3.63, 3.8) is 0 Å². The van der Waals surface area contributed by atoms with Gasteiger partial charge in [0.2, 0.25) is 0 Å². The number of nitrogens with one attached hydrogen (secondary N) is 1. The molecule has 3 aromatic carbocycles. The van der Waals surface area contributed by atoms with Gasteiger partial charge in [-0.25, -0.2) is 9.18 Å². The molecule has 1 fully saturated rings. The maximum atomic E-state index is 13.9. The first-order chi connectivity index (χ1) is 15.9. The van der Waals surface area contributed by atoms with E-state index in [0.29, 0.717) is 30.8 Å². The van der Waals surface area contributed by atoms with Crippen LogP contribution in [0.1, 0.15) is 31.8 Å². The minimum absolute atomic E-state index is 0.0433. The van der Waals surface area contributed by atoms with E-state index in [2.05, 4.69) is 15.1 Å². The van der Waals surface area contributed by atoms with Crippen LogP contribution in [0.2, 0.25) is 0 Å². The Morgan fingerprint density at radius 2 is 1.67 bits per heavy atom. The summed E-state index contributed by atoms with van der Waals surface area (Å²) in [6.45, 7) is 5.35. The number of aromatic carboxylic acids is 1. The number of carboxylic acids is 1. The van der Waals surface area contributed by atoms with Crippen molar-refractivity contribution in [2.75, 3.05) is 36.4 Å². The van der Waals surface area contributed by atoms with Gasteiger partial charge in [-0.05, 0) is 43.3 Å². The number of hydrogen-bond donors (Lipinski definition) is 2. The molecule has 0 radical (unpaired) electrons. The van der Waals surface area contributed by atoms with Gasteiger partial charge in [-0.1, -0.05) is 35.9 Å². The topological polar surface area (TPSA) is 72.9 Å². The number of hydrogen-bond acceptors (Lipinski definition) is 4. The predicted molar refractivity (Wildman–Crippen MR) is 126 cm³/mol. The van der Waals surface area contributed by atoms with Crippen molar-refractivity contribution >= 4 is 23.3 Å². The van der Waals surface area contributed by atoms with Crippen LogP contribution in [0.4, 0.5) is 15.8 Å². The number of halogens is 1. The second-order valence-corrected chi connectivity index (χ2v) is 8.21. The molecule has 0 atom stereocenters. The van der Waals surface area contributed by atoms with Crippen LogP contribution in [0.25, 0.3) is 0 Å². The highest BCUT2D eigenvalue weighted by atomic mass is 19.1. The zero-order valence-corrected chi connectivity index (χ0v) is 18.4. The molecule has 2 N–H and O–H groups in total. The predicted octanol–water partition coefficient (Wildman–Crippen LogP) is 4.41. The lowest BCUT2D eigenvalue weighted by Crippen LogP contribution is -2.46. The van der Waals surface area contributed by atoms with E-state index in [4.69, 9.17) is 0 Å². The number of anilines is 2. The highest BCUT2D eigenvalue weighted by Crippen LogP contribution is 2.25. The smallest absolute Gasteiger partial charge is 0.337 e. The third kappa shape index (κ3) is 5.38. The van der Waals surface area contributed by atoms with E-state index in [-0.39, 0.29) is 23.0 Å². The molecule has 0 saturated carbocycles. The molecular weight excluding hydrogens is 421 g/mol. The van der Waals surface area contributed by atoms with E-state index in [9.17, 15) is 19.1 Å². The van der Waals surface area contributed by atoms with Crippen molar-refractivity contribution < 1.29 is 19.1 Å². The molecule has 7 heteroatoms. The van der Waals surface area contributed by atoms with Crippen LogP contribution < -0.4 is 10.2 Å². The Morgan fingerprint density at radius 3 is 2.33 bits per heavy atom. The molecule has 0 spiro atoms. The fourth-order valence-electron chi connectivity index (χ4n) is 3.95. The van der Waals surface area contributed by atoms with Gasteiger partial charge in [0, 0.05) is 49.5 Å². The zero-order valence-electron chi connectivity index (χ0n) is 18.4. The number of carboxylic acid groups (broad SMARTS) is 1. The molecule has 1 amide bonds. The molecule has 0 unspecified atom stereocenters. The normalized spacial score (nSPS) is 14.2. The molecule has 0 aromatic heterocycles. The Morgan fingerprint density at radius 1 is 0.970 bits per heavy atom. The minimum Gasteiger partial charge on any atom is -0.478 e. The number of carbonyl (C=O) groups is 2. The first-order valence-electron chi connectivity index (χ1n) is 10.9. The van der Waals surface area contributed by atoms with Gasteiger partial charge in [-0.15, -0.1) is 0 Å². The Kier molecular flexibility index (Phi) is 6.70. The lowest BCUT2D eigenvalue weighted by Gasteiger charge is -2.36. The van der Waals surface area contributed by atoms with Gasteiger partial charge in [-0.3, -0.25) is 9.69 Å². The van der Waals surface area contributed by atoms with Crippen molar-refractivity contribution in [3.8, 4) is 0 Å². The van der Waals surface area contributed by atoms with Crippen molar-refractivity contribution in [1.29, 1.82) is 0 Å². The van der Waals surface area contributed by atoms with Crippen LogP contribution in [0.3, 0.4) is 0 Å². The van der Waals surface area contributed by atoms with Gasteiger partial charge in [-0.2, -0.15) is 0 Å². The van der Waals surface area contributed by atoms with E-state index < -0.39 is 5.97 Å². The molecule has 0 aliphatic carbocycles. The van der Waals surface area contributed by atoms with E-state index in [1.807, 2.05) is 31.2 Å². The Bertz CT molecular complexity index is 1160. The van der Waals surface area contributed by atoms with Gasteiger partial charge in [0.25, 0.3) is 5.91 Å². The fourth-order valence-corrected chi connectivity index (χ4v) is 3.95. The number of piperazine rings is 1. The van der Waals surface area contributed by atoms with Crippen molar-refractivity contribution in [1.82, 2.24) is 4.90 Å². The van der Waals surface area contributed by atoms with E-state index in [1.54, 1.807) is 36.4 Å². The second kappa shape index (κ2) is 9.83. The molecule has 33 heavy (non-hydrogen) atoms. The minimum atomic E-state index is -1.10. The molecule has 6 nitrogen and oxygen atoms in total. The summed E-state index contributed by atoms with van der Waals surface area (Å²) < 4.78 is 13.9. The molecular formula is C26H26FN3O3. The van der Waals surface area contributed by atoms with Gasteiger partial charge >= 0.3 is 5.97 Å². The molecule has 1 aliphatic rings. The van der Waals surface area contributed by atoms with E-state index in [0.717, 1.165) is 24.3 Å². The second-order valence-electron chi connectivity index (χ2n) is 8.21. The zero-order chi connectivity index (χ0) is 23.4. The van der Waals surface area contributed by atoms with Gasteiger partial charge in [0.05, 0.1) is 11.3 Å². The van der Waals surface area contributed by atoms with Crippen molar-refractivity contribution in [3.05, 3.63) is 94.8 Å². The lowest BCUT2D eigenvalue weighted by atomic mass is 10.1. The highest BCUT2D eigenvalue weighted by molar-refractivity contribution is 6.08. The summed E-state index contributed by atoms with van der Waals surface area (Å²) >= 11 is 0. The summed E-state index contributed by atoms with van der Waals surface area (Å²) in [7, 11) is 0. The first kappa shape index (κ1) is 22.5. The van der Waals surface area contributed by atoms with Crippen LogP contribution in [0.15, 0.2) is 66.7 Å². The summed E-state index contributed by atoms with van der Waals surface area (Å²) in [6.07, 6.45) is 0. The lowest BCUT2D eigenvalue weighted by molar-refractivity contribution is 0.0698. The third-order valence-corrected chi connectivity index (χ3v) is 5.88. The van der Waals surface area contributed by atoms with Crippen LogP contribution in [-0.4, -0.2) is 48.1 Å². The number of benzene rings is 3. The maximum Gasteiger partial charge on any atom is 0.337 e. The molecule has 1 aliphatic heterocycles. The summed E-state index contributed by atoms with van der Waals surface area (Å²) in [6, 6.07) is 18.9. The molecule has 3 aromatic rings. The van der Waals surface area contributed by atoms with Crippen LogP contribution >= 0.6 is 0 Å². The number of carbonyl (C=O) groups excluding carboxylic acids is 1. The van der Waals surface area contributed by atoms with Gasteiger partial charge in [0.1, 0.15) is 5.82 Å². The average Bonchev–Trinajstić information content (AvgIpc) is 2.81. The number of amides is 1. The molecule has 170 valence electrons.